The van der Waals surface area contributed by atoms with E-state index < -0.39 is 0 Å². The summed E-state index contributed by atoms with van der Waals surface area (Å²) in [4.78, 5) is 9.43. The smallest absolute Gasteiger partial charge is 0.172 e. The van der Waals surface area contributed by atoms with Crippen LogP contribution < -0.4 is 10.1 Å². The molecule has 2 aromatic rings. The molecular formula is C16H17N3O. The molecule has 1 unspecified atom stereocenters. The first kappa shape index (κ1) is 11.7. The molecule has 0 saturated heterocycles. The number of nitrogens with zero attached hydrogens (tertiary/aromatic N) is 2. The fourth-order valence-corrected chi connectivity index (χ4v) is 3.13. The number of anilines is 1. The van der Waals surface area contributed by atoms with Crippen LogP contribution in [0.5, 0.6) is 5.75 Å². The average molecular weight is 267 g/mol. The van der Waals surface area contributed by atoms with E-state index in [1.807, 2.05) is 25.2 Å². The highest BCUT2D eigenvalue weighted by atomic mass is 16.5. The number of hydrogen-bond donors (Lipinski definition) is 1. The lowest BCUT2D eigenvalue weighted by Gasteiger charge is -2.13. The average Bonchev–Trinajstić information content (AvgIpc) is 3.12. The van der Waals surface area contributed by atoms with E-state index >= 15 is 0 Å². The van der Waals surface area contributed by atoms with E-state index in [1.165, 1.54) is 23.2 Å². The molecule has 2 aliphatic rings. The summed E-state index contributed by atoms with van der Waals surface area (Å²) in [5.41, 5.74) is 3.72. The minimum absolute atomic E-state index is 0.0506. The summed E-state index contributed by atoms with van der Waals surface area (Å²) in [5, 5.41) is 3.21. The Morgan fingerprint density at radius 1 is 1.20 bits per heavy atom. The van der Waals surface area contributed by atoms with Crippen LogP contribution >= 0.6 is 0 Å². The second-order valence-corrected chi connectivity index (χ2v) is 5.38. The van der Waals surface area contributed by atoms with Crippen molar-refractivity contribution >= 4 is 5.82 Å². The zero-order valence-electron chi connectivity index (χ0n) is 11.5. The van der Waals surface area contributed by atoms with Gasteiger partial charge in [0, 0.05) is 24.7 Å². The Hall–Kier alpha value is -2.10. The molecular weight excluding hydrogens is 250 g/mol. The highest BCUT2D eigenvalue weighted by Gasteiger charge is 2.28. The Morgan fingerprint density at radius 3 is 2.95 bits per heavy atom. The van der Waals surface area contributed by atoms with Gasteiger partial charge in [-0.25, -0.2) is 9.97 Å². The van der Waals surface area contributed by atoms with Gasteiger partial charge in [0.05, 0.1) is 0 Å². The number of rotatable bonds is 2. The van der Waals surface area contributed by atoms with E-state index in [1.54, 1.807) is 0 Å². The van der Waals surface area contributed by atoms with Gasteiger partial charge in [-0.15, -0.1) is 0 Å². The largest absolute Gasteiger partial charge is 0.482 e. The molecule has 20 heavy (non-hydrogen) atoms. The molecule has 1 aliphatic carbocycles. The SMILES string of the molecule is CNc1nc(C2Cc3ccccc3O2)nc2c1CCC2. The Bertz CT molecular complexity index is 644. The van der Waals surface area contributed by atoms with Gasteiger partial charge in [0.25, 0.3) is 0 Å². The van der Waals surface area contributed by atoms with Crippen LogP contribution in [0, 0.1) is 0 Å². The Morgan fingerprint density at radius 2 is 2.10 bits per heavy atom. The van der Waals surface area contributed by atoms with Crippen molar-refractivity contribution in [1.82, 2.24) is 9.97 Å². The summed E-state index contributed by atoms with van der Waals surface area (Å²) in [7, 11) is 1.93. The van der Waals surface area contributed by atoms with E-state index in [-0.39, 0.29) is 6.10 Å². The summed E-state index contributed by atoms with van der Waals surface area (Å²) >= 11 is 0. The fraction of sp³-hybridized carbons (Fsp3) is 0.375. The topological polar surface area (TPSA) is 47.0 Å². The monoisotopic (exact) mass is 267 g/mol. The number of fused-ring (bicyclic) bond motifs is 2. The highest BCUT2D eigenvalue weighted by molar-refractivity contribution is 5.49. The van der Waals surface area contributed by atoms with E-state index in [4.69, 9.17) is 9.72 Å². The number of para-hydroxylation sites is 1. The summed E-state index contributed by atoms with van der Waals surface area (Å²) < 4.78 is 6.00. The maximum absolute atomic E-state index is 6.00. The van der Waals surface area contributed by atoms with Crippen molar-refractivity contribution in [3.63, 3.8) is 0 Å². The predicted molar refractivity (Wildman–Crippen MR) is 77.1 cm³/mol. The number of nitrogens with one attached hydrogen (secondary N) is 1. The lowest BCUT2D eigenvalue weighted by Crippen LogP contribution is -2.12. The number of aryl methyl sites for hydroxylation is 1. The first-order valence-electron chi connectivity index (χ1n) is 7.17. The van der Waals surface area contributed by atoms with Gasteiger partial charge in [0.15, 0.2) is 11.9 Å². The van der Waals surface area contributed by atoms with Gasteiger partial charge in [-0.05, 0) is 30.9 Å². The molecule has 0 saturated carbocycles. The molecule has 0 amide bonds. The molecule has 4 heteroatoms. The van der Waals surface area contributed by atoms with Gasteiger partial charge in [-0.1, -0.05) is 18.2 Å². The number of benzene rings is 1. The van der Waals surface area contributed by atoms with Crippen LogP contribution in [0.4, 0.5) is 5.82 Å². The standard InChI is InChI=1S/C16H17N3O/c1-17-15-11-6-4-7-12(11)18-16(19-15)14-9-10-5-2-3-8-13(10)20-14/h2-3,5,8,14H,4,6-7,9H2,1H3,(H,17,18,19). The fourth-order valence-electron chi connectivity index (χ4n) is 3.13. The van der Waals surface area contributed by atoms with Crippen LogP contribution in [0.2, 0.25) is 0 Å². The molecule has 1 aliphatic heterocycles. The third-order valence-electron chi connectivity index (χ3n) is 4.12. The molecule has 0 bridgehead atoms. The zero-order valence-corrected chi connectivity index (χ0v) is 11.5. The second-order valence-electron chi connectivity index (χ2n) is 5.38. The van der Waals surface area contributed by atoms with E-state index in [2.05, 4.69) is 16.4 Å². The maximum atomic E-state index is 6.00. The van der Waals surface area contributed by atoms with Crippen molar-refractivity contribution in [3.8, 4) is 5.75 Å². The van der Waals surface area contributed by atoms with Gasteiger partial charge in [0.2, 0.25) is 0 Å². The molecule has 4 nitrogen and oxygen atoms in total. The predicted octanol–water partition coefficient (Wildman–Crippen LogP) is 2.68. The Kier molecular flexibility index (Phi) is 2.62. The van der Waals surface area contributed by atoms with Crippen LogP contribution in [-0.2, 0) is 19.3 Å². The normalized spacial score (nSPS) is 19.4. The maximum Gasteiger partial charge on any atom is 0.172 e. The number of ether oxygens (including phenoxy) is 1. The van der Waals surface area contributed by atoms with Crippen molar-refractivity contribution in [1.29, 1.82) is 0 Å². The molecule has 1 aromatic heterocycles. The Balaban J connectivity index is 1.71. The molecule has 0 radical (unpaired) electrons. The van der Waals surface area contributed by atoms with Crippen LogP contribution in [0.1, 0.15) is 35.2 Å². The molecule has 2 heterocycles. The minimum atomic E-state index is -0.0506. The molecule has 4 rings (SSSR count). The van der Waals surface area contributed by atoms with Gasteiger partial charge in [0.1, 0.15) is 11.6 Å². The van der Waals surface area contributed by atoms with Crippen molar-refractivity contribution in [2.45, 2.75) is 31.8 Å². The third-order valence-corrected chi connectivity index (χ3v) is 4.12. The molecule has 102 valence electrons. The first-order valence-corrected chi connectivity index (χ1v) is 7.17. The number of aromatic nitrogens is 2. The van der Waals surface area contributed by atoms with Crippen molar-refractivity contribution in [2.75, 3.05) is 12.4 Å². The van der Waals surface area contributed by atoms with Crippen LogP contribution in [0.25, 0.3) is 0 Å². The molecule has 0 fully saturated rings. The quantitative estimate of drug-likeness (QED) is 0.908. The highest BCUT2D eigenvalue weighted by Crippen LogP contribution is 2.36. The molecule has 1 N–H and O–H groups in total. The summed E-state index contributed by atoms with van der Waals surface area (Å²) in [6.45, 7) is 0. The van der Waals surface area contributed by atoms with Crippen LogP contribution in [0.15, 0.2) is 24.3 Å². The van der Waals surface area contributed by atoms with Crippen molar-refractivity contribution in [3.05, 3.63) is 46.9 Å². The van der Waals surface area contributed by atoms with Gasteiger partial charge < -0.3 is 10.1 Å². The van der Waals surface area contributed by atoms with Crippen molar-refractivity contribution in [2.24, 2.45) is 0 Å². The second kappa shape index (κ2) is 4.47. The van der Waals surface area contributed by atoms with Crippen LogP contribution in [0.3, 0.4) is 0 Å². The zero-order chi connectivity index (χ0) is 13.5. The van der Waals surface area contributed by atoms with E-state index in [9.17, 15) is 0 Å². The lowest BCUT2D eigenvalue weighted by molar-refractivity contribution is 0.227. The van der Waals surface area contributed by atoms with Crippen LogP contribution in [-0.4, -0.2) is 17.0 Å². The Labute approximate surface area is 118 Å². The van der Waals surface area contributed by atoms with E-state index in [0.29, 0.717) is 0 Å². The van der Waals surface area contributed by atoms with Crippen molar-refractivity contribution < 1.29 is 4.74 Å². The van der Waals surface area contributed by atoms with Gasteiger partial charge >= 0.3 is 0 Å². The lowest BCUT2D eigenvalue weighted by atomic mass is 10.1. The summed E-state index contributed by atoms with van der Waals surface area (Å²) in [6.07, 6.45) is 4.12. The third kappa shape index (κ3) is 1.75. The molecule has 0 spiro atoms. The molecule has 1 atom stereocenters. The number of hydrogen-bond acceptors (Lipinski definition) is 4. The first-order chi connectivity index (χ1) is 9.85. The van der Waals surface area contributed by atoms with E-state index in [0.717, 1.165) is 36.7 Å². The summed E-state index contributed by atoms with van der Waals surface area (Å²) in [5.74, 6) is 2.75. The van der Waals surface area contributed by atoms with Gasteiger partial charge in [-0.2, -0.15) is 0 Å². The molecule has 1 aromatic carbocycles. The summed E-state index contributed by atoms with van der Waals surface area (Å²) in [6, 6.07) is 8.18. The minimum Gasteiger partial charge on any atom is -0.482 e. The van der Waals surface area contributed by atoms with Gasteiger partial charge in [-0.3, -0.25) is 0 Å².